The first-order valence-electron chi connectivity index (χ1n) is 8.54. The van der Waals surface area contributed by atoms with Crippen molar-refractivity contribution in [2.24, 2.45) is 5.73 Å². The molecule has 2 aromatic rings. The van der Waals surface area contributed by atoms with Crippen molar-refractivity contribution in [2.45, 2.75) is 51.5 Å². The largest absolute Gasteiger partial charge is 0.364 e. The molecule has 1 fully saturated rings. The molecule has 2 aromatic heterocycles. The maximum absolute atomic E-state index is 11.2. The third-order valence-electron chi connectivity index (χ3n) is 4.41. The monoisotopic (exact) mass is 332 g/mol. The normalized spacial score (nSPS) is 18.8. The Labute approximate surface area is 140 Å². The number of carbonyl (C=O) groups excluding carboxylic acids is 1. The Hall–Kier alpha value is -2.22. The van der Waals surface area contributed by atoms with Crippen LogP contribution in [-0.2, 0) is 13.0 Å². The van der Waals surface area contributed by atoms with Crippen LogP contribution in [0.25, 0.3) is 0 Å². The minimum atomic E-state index is -0.503. The van der Waals surface area contributed by atoms with Gasteiger partial charge in [0.05, 0.1) is 6.54 Å². The lowest BCUT2D eigenvalue weighted by molar-refractivity contribution is 0.0995. The highest BCUT2D eigenvalue weighted by Gasteiger charge is 2.24. The summed E-state index contributed by atoms with van der Waals surface area (Å²) in [6, 6.07) is 1.76. The van der Waals surface area contributed by atoms with Crippen LogP contribution in [0.3, 0.4) is 0 Å². The molecule has 1 aliphatic rings. The van der Waals surface area contributed by atoms with Gasteiger partial charge in [-0.05, 0) is 31.9 Å². The molecule has 0 unspecified atom stereocenters. The van der Waals surface area contributed by atoms with E-state index in [2.05, 4.69) is 32.2 Å². The number of nitrogens with two attached hydrogens (primary N) is 1. The molecule has 1 amide bonds. The number of nitrogens with zero attached hydrogens (tertiary/aromatic N) is 4. The number of amides is 1. The zero-order valence-electron chi connectivity index (χ0n) is 14.0. The zero-order chi connectivity index (χ0) is 16.9. The summed E-state index contributed by atoms with van der Waals surface area (Å²) in [4.78, 5) is 18.0. The lowest BCUT2D eigenvalue weighted by Crippen LogP contribution is -2.34. The summed E-state index contributed by atoms with van der Waals surface area (Å²) < 4.78 is 5.29. The van der Waals surface area contributed by atoms with Crippen molar-refractivity contribution in [3.8, 4) is 0 Å². The fraction of sp³-hybridized carbons (Fsp3) is 0.625. The van der Waals surface area contributed by atoms with Gasteiger partial charge in [0, 0.05) is 24.6 Å². The van der Waals surface area contributed by atoms with Crippen molar-refractivity contribution in [1.29, 1.82) is 0 Å². The highest BCUT2D eigenvalue weighted by atomic mass is 16.5. The van der Waals surface area contributed by atoms with Crippen molar-refractivity contribution >= 4 is 5.91 Å². The number of nitrogens with one attached hydrogen (secondary N) is 1. The molecule has 0 bridgehead atoms. The minimum Gasteiger partial charge on any atom is -0.364 e. The Kier molecular flexibility index (Phi) is 5.24. The first-order valence-corrected chi connectivity index (χ1v) is 8.54. The van der Waals surface area contributed by atoms with E-state index in [0.29, 0.717) is 18.2 Å². The van der Waals surface area contributed by atoms with Gasteiger partial charge < -0.3 is 10.3 Å². The average molecular weight is 332 g/mol. The van der Waals surface area contributed by atoms with Gasteiger partial charge in [-0.25, -0.2) is 0 Å². The maximum atomic E-state index is 11.2. The predicted octanol–water partition coefficient (Wildman–Crippen LogP) is 1.61. The van der Waals surface area contributed by atoms with E-state index in [4.69, 9.17) is 10.3 Å². The summed E-state index contributed by atoms with van der Waals surface area (Å²) in [5, 5.41) is 11.0. The van der Waals surface area contributed by atoms with Gasteiger partial charge in [0.1, 0.15) is 5.69 Å². The topological polar surface area (TPSA) is 114 Å². The van der Waals surface area contributed by atoms with Gasteiger partial charge in [0.15, 0.2) is 5.82 Å². The molecule has 1 atom stereocenters. The van der Waals surface area contributed by atoms with Gasteiger partial charge in [-0.2, -0.15) is 10.1 Å². The third kappa shape index (κ3) is 4.00. The first-order chi connectivity index (χ1) is 11.7. The molecule has 3 rings (SSSR count). The number of primary amides is 1. The van der Waals surface area contributed by atoms with Crippen LogP contribution in [0.5, 0.6) is 0 Å². The highest BCUT2D eigenvalue weighted by Crippen LogP contribution is 2.26. The van der Waals surface area contributed by atoms with Crippen LogP contribution in [0.2, 0.25) is 0 Å². The molecule has 0 radical (unpaired) electrons. The van der Waals surface area contributed by atoms with Crippen molar-refractivity contribution in [3.63, 3.8) is 0 Å². The van der Waals surface area contributed by atoms with Crippen molar-refractivity contribution in [3.05, 3.63) is 29.2 Å². The van der Waals surface area contributed by atoms with Crippen LogP contribution in [0.1, 0.15) is 66.4 Å². The summed E-state index contributed by atoms with van der Waals surface area (Å²) in [5.74, 6) is 1.27. The highest BCUT2D eigenvalue weighted by molar-refractivity contribution is 5.90. The lowest BCUT2D eigenvalue weighted by atomic mass is 9.94. The van der Waals surface area contributed by atoms with E-state index >= 15 is 0 Å². The summed E-state index contributed by atoms with van der Waals surface area (Å²) in [5.41, 5.74) is 6.52. The quantitative estimate of drug-likeness (QED) is 0.796. The van der Waals surface area contributed by atoms with E-state index in [1.807, 2.05) is 0 Å². The molecule has 8 heteroatoms. The van der Waals surface area contributed by atoms with Crippen molar-refractivity contribution < 1.29 is 9.32 Å². The Morgan fingerprint density at radius 3 is 3.17 bits per heavy atom. The summed E-state index contributed by atoms with van der Waals surface area (Å²) in [6.07, 6.45) is 5.16. The number of piperidine rings is 1. The Bertz CT molecular complexity index is 680. The summed E-state index contributed by atoms with van der Waals surface area (Å²) >= 11 is 0. The van der Waals surface area contributed by atoms with Gasteiger partial charge in [0.25, 0.3) is 5.91 Å². The van der Waals surface area contributed by atoms with Gasteiger partial charge in [-0.15, -0.1) is 0 Å². The van der Waals surface area contributed by atoms with Gasteiger partial charge in [0.2, 0.25) is 5.89 Å². The van der Waals surface area contributed by atoms with E-state index in [9.17, 15) is 4.79 Å². The van der Waals surface area contributed by atoms with Crippen LogP contribution in [0.15, 0.2) is 10.6 Å². The van der Waals surface area contributed by atoms with Crippen molar-refractivity contribution in [2.75, 3.05) is 13.1 Å². The van der Waals surface area contributed by atoms with Crippen LogP contribution in [0.4, 0.5) is 0 Å². The minimum absolute atomic E-state index is 0.292. The van der Waals surface area contributed by atoms with Gasteiger partial charge in [-0.1, -0.05) is 18.5 Å². The molecule has 0 aliphatic carbocycles. The van der Waals surface area contributed by atoms with E-state index in [-0.39, 0.29) is 0 Å². The maximum Gasteiger partial charge on any atom is 0.269 e. The molecule has 1 saturated heterocycles. The lowest BCUT2D eigenvalue weighted by Gasteiger charge is -2.31. The van der Waals surface area contributed by atoms with Crippen LogP contribution >= 0.6 is 0 Å². The van der Waals surface area contributed by atoms with Crippen LogP contribution in [0, 0.1) is 0 Å². The van der Waals surface area contributed by atoms with Gasteiger partial charge in [-0.3, -0.25) is 14.8 Å². The number of rotatable bonds is 7. The van der Waals surface area contributed by atoms with E-state index in [1.54, 1.807) is 6.07 Å². The molecular weight excluding hydrogens is 308 g/mol. The standard InChI is InChI=1S/C16H24N6O2/c1-2-3-6-15-18-14(21-24-15)10-22-7-4-5-11(9-22)12-8-13(16(17)23)20-19-12/h8,11H,2-7,9-10H2,1H3,(H2,17,23)(H,19,20)/t11-/m1/s1. The molecule has 8 nitrogen and oxygen atoms in total. The van der Waals surface area contributed by atoms with Gasteiger partial charge >= 0.3 is 0 Å². The molecule has 3 N–H and O–H groups in total. The SMILES string of the molecule is CCCCc1nc(CN2CCC[C@@H](c3cc(C(N)=O)n[nH]3)C2)no1. The second-order valence-electron chi connectivity index (χ2n) is 6.35. The smallest absolute Gasteiger partial charge is 0.269 e. The van der Waals surface area contributed by atoms with E-state index in [1.165, 1.54) is 0 Å². The number of aromatic amines is 1. The number of H-pyrrole nitrogens is 1. The third-order valence-corrected chi connectivity index (χ3v) is 4.41. The second kappa shape index (κ2) is 7.57. The number of likely N-dealkylation sites (tertiary alicyclic amines) is 1. The van der Waals surface area contributed by atoms with E-state index in [0.717, 1.165) is 62.6 Å². The molecule has 0 spiro atoms. The molecule has 3 heterocycles. The number of carbonyl (C=O) groups is 1. The molecular formula is C16H24N6O2. The average Bonchev–Trinajstić information content (AvgIpc) is 3.23. The Morgan fingerprint density at radius 1 is 1.54 bits per heavy atom. The number of hydrogen-bond acceptors (Lipinski definition) is 6. The summed E-state index contributed by atoms with van der Waals surface area (Å²) in [7, 11) is 0. The second-order valence-corrected chi connectivity index (χ2v) is 6.35. The molecule has 24 heavy (non-hydrogen) atoms. The van der Waals surface area contributed by atoms with E-state index < -0.39 is 5.91 Å². The summed E-state index contributed by atoms with van der Waals surface area (Å²) in [6.45, 7) is 4.71. The molecule has 130 valence electrons. The van der Waals surface area contributed by atoms with Crippen LogP contribution < -0.4 is 5.73 Å². The number of unbranched alkanes of at least 4 members (excludes halogenated alkanes) is 1. The Balaban J connectivity index is 1.58. The number of hydrogen-bond donors (Lipinski definition) is 2. The fourth-order valence-electron chi connectivity index (χ4n) is 3.11. The van der Waals surface area contributed by atoms with Crippen LogP contribution in [-0.4, -0.2) is 44.2 Å². The first kappa shape index (κ1) is 16.6. The predicted molar refractivity (Wildman–Crippen MR) is 87.3 cm³/mol. The zero-order valence-corrected chi connectivity index (χ0v) is 14.0. The molecule has 0 aromatic carbocycles. The Morgan fingerprint density at radius 2 is 2.42 bits per heavy atom. The van der Waals surface area contributed by atoms with Crippen molar-refractivity contribution in [1.82, 2.24) is 25.2 Å². The number of aromatic nitrogens is 4. The molecule has 0 saturated carbocycles. The number of aryl methyl sites for hydroxylation is 1. The fourth-order valence-corrected chi connectivity index (χ4v) is 3.11. The molecule has 1 aliphatic heterocycles.